The zero-order valence-corrected chi connectivity index (χ0v) is 14.6. The fourth-order valence-electron chi connectivity index (χ4n) is 3.84. The molecule has 3 aromatic heterocycles. The van der Waals surface area contributed by atoms with Gasteiger partial charge in [0.2, 0.25) is 0 Å². The van der Waals surface area contributed by atoms with E-state index in [0.717, 1.165) is 40.2 Å². The molecule has 24 heavy (non-hydrogen) atoms. The minimum Gasteiger partial charge on any atom is -0.346 e. The van der Waals surface area contributed by atoms with Crippen molar-refractivity contribution < 1.29 is 4.79 Å². The molecule has 3 nitrogen and oxygen atoms in total. The molecule has 0 unspecified atom stereocenters. The van der Waals surface area contributed by atoms with E-state index >= 15 is 0 Å². The Bertz CT molecular complexity index is 842. The molecule has 124 valence electrons. The number of thiophene rings is 1. The largest absolute Gasteiger partial charge is 0.346 e. The van der Waals surface area contributed by atoms with Crippen LogP contribution in [0.4, 0.5) is 0 Å². The Balaban J connectivity index is 1.49. The van der Waals surface area contributed by atoms with Gasteiger partial charge in [0, 0.05) is 24.2 Å². The third kappa shape index (κ3) is 3.16. The molecule has 0 saturated heterocycles. The summed E-state index contributed by atoms with van der Waals surface area (Å²) in [6.45, 7) is 0. The van der Waals surface area contributed by atoms with Gasteiger partial charge in [-0.3, -0.25) is 4.79 Å². The van der Waals surface area contributed by atoms with Crippen LogP contribution in [-0.2, 0) is 6.42 Å². The summed E-state index contributed by atoms with van der Waals surface area (Å²) < 4.78 is 0. The van der Waals surface area contributed by atoms with Gasteiger partial charge < -0.3 is 4.98 Å². The summed E-state index contributed by atoms with van der Waals surface area (Å²) >= 11 is 1.59. The molecule has 0 spiro atoms. The molecule has 1 N–H and O–H groups in total. The number of carbonyl (C=O) groups is 1. The predicted molar refractivity (Wildman–Crippen MR) is 98.7 cm³/mol. The summed E-state index contributed by atoms with van der Waals surface area (Å²) in [6.07, 6.45) is 11.6. The molecule has 4 heteroatoms. The van der Waals surface area contributed by atoms with Gasteiger partial charge in [-0.1, -0.05) is 25.7 Å². The Morgan fingerprint density at radius 1 is 1.21 bits per heavy atom. The summed E-state index contributed by atoms with van der Waals surface area (Å²) in [7, 11) is 0. The summed E-state index contributed by atoms with van der Waals surface area (Å²) in [5, 5.41) is 3.20. The molecule has 4 rings (SSSR count). The van der Waals surface area contributed by atoms with E-state index < -0.39 is 0 Å². The second-order valence-electron chi connectivity index (χ2n) is 6.77. The molecule has 0 bridgehead atoms. The number of nitrogens with one attached hydrogen (secondary N) is 1. The molecule has 0 aromatic carbocycles. The topological polar surface area (TPSA) is 45.8 Å². The predicted octanol–water partition coefficient (Wildman–Crippen LogP) is 5.37. The number of hydrogen-bond acceptors (Lipinski definition) is 3. The lowest BCUT2D eigenvalue weighted by atomic mass is 9.97. The number of H-pyrrole nitrogens is 1. The highest BCUT2D eigenvalue weighted by molar-refractivity contribution is 7.12. The highest BCUT2D eigenvalue weighted by Gasteiger charge is 2.19. The number of carbonyl (C=O) groups excluding carboxylic acids is 1. The van der Waals surface area contributed by atoms with Gasteiger partial charge in [0.05, 0.1) is 4.88 Å². The fourth-order valence-corrected chi connectivity index (χ4v) is 4.74. The maximum Gasteiger partial charge on any atom is 0.173 e. The van der Waals surface area contributed by atoms with Crippen molar-refractivity contribution >= 4 is 28.2 Å². The number of pyridine rings is 1. The highest BCUT2D eigenvalue weighted by Crippen LogP contribution is 2.30. The van der Waals surface area contributed by atoms with Crippen LogP contribution in [0.15, 0.2) is 36.0 Å². The second kappa shape index (κ2) is 6.89. The van der Waals surface area contributed by atoms with Crippen LogP contribution in [0.1, 0.15) is 59.3 Å². The minimum absolute atomic E-state index is 0.325. The maximum absolute atomic E-state index is 12.7. The monoisotopic (exact) mass is 338 g/mol. The number of hydrogen-bond donors (Lipinski definition) is 1. The van der Waals surface area contributed by atoms with E-state index in [9.17, 15) is 4.79 Å². The highest BCUT2D eigenvalue weighted by atomic mass is 32.1. The summed E-state index contributed by atoms with van der Waals surface area (Å²) in [5.41, 5.74) is 3.30. The summed E-state index contributed by atoms with van der Waals surface area (Å²) in [6, 6.07) is 6.22. The molecule has 0 amide bonds. The lowest BCUT2D eigenvalue weighted by Crippen LogP contribution is -2.04. The average molecular weight is 338 g/mol. The van der Waals surface area contributed by atoms with Crippen molar-refractivity contribution in [3.63, 3.8) is 0 Å². The van der Waals surface area contributed by atoms with Crippen molar-refractivity contribution in [2.45, 2.75) is 44.9 Å². The quantitative estimate of drug-likeness (QED) is 0.614. The van der Waals surface area contributed by atoms with Crippen LogP contribution < -0.4 is 0 Å². The van der Waals surface area contributed by atoms with Crippen LogP contribution in [0, 0.1) is 5.92 Å². The molecule has 1 aliphatic carbocycles. The number of ketones is 1. The van der Waals surface area contributed by atoms with Gasteiger partial charge in [-0.15, -0.1) is 11.3 Å². The number of aromatic nitrogens is 2. The van der Waals surface area contributed by atoms with Crippen LogP contribution in [0.2, 0.25) is 0 Å². The standard InChI is InChI=1S/C20H22N2OS/c23-18(6-5-14-3-1-2-4-14)19-16(9-12-24-19)13-15-7-10-21-20-17(15)8-11-22-20/h7-12,14H,1-6,13H2,(H,21,22). The smallest absolute Gasteiger partial charge is 0.173 e. The van der Waals surface area contributed by atoms with Crippen molar-refractivity contribution in [1.82, 2.24) is 9.97 Å². The fraction of sp³-hybridized carbons (Fsp3) is 0.400. The molecule has 3 aromatic rings. The van der Waals surface area contributed by atoms with Crippen molar-refractivity contribution in [2.75, 3.05) is 0 Å². The van der Waals surface area contributed by atoms with E-state index in [2.05, 4.69) is 28.2 Å². The van der Waals surface area contributed by atoms with Crippen molar-refractivity contribution in [1.29, 1.82) is 0 Å². The van der Waals surface area contributed by atoms with E-state index in [1.54, 1.807) is 11.3 Å². The van der Waals surface area contributed by atoms with Gasteiger partial charge in [0.1, 0.15) is 5.65 Å². The molecule has 0 radical (unpaired) electrons. The van der Waals surface area contributed by atoms with Crippen LogP contribution in [0.25, 0.3) is 11.0 Å². The van der Waals surface area contributed by atoms with E-state index in [1.807, 2.05) is 17.8 Å². The summed E-state index contributed by atoms with van der Waals surface area (Å²) in [4.78, 5) is 21.1. The zero-order chi connectivity index (χ0) is 16.4. The minimum atomic E-state index is 0.325. The van der Waals surface area contributed by atoms with Gasteiger partial charge in [0.25, 0.3) is 0 Å². The molecule has 0 aliphatic heterocycles. The lowest BCUT2D eigenvalue weighted by Gasteiger charge is -2.08. The molecular formula is C20H22N2OS. The van der Waals surface area contributed by atoms with Crippen molar-refractivity contribution in [3.05, 3.63) is 52.0 Å². The lowest BCUT2D eigenvalue weighted by molar-refractivity contribution is 0.0977. The maximum atomic E-state index is 12.7. The normalized spacial score (nSPS) is 15.3. The van der Waals surface area contributed by atoms with Crippen molar-refractivity contribution in [2.24, 2.45) is 5.92 Å². The van der Waals surface area contributed by atoms with Crippen LogP contribution in [-0.4, -0.2) is 15.8 Å². The van der Waals surface area contributed by atoms with Crippen LogP contribution >= 0.6 is 11.3 Å². The zero-order valence-electron chi connectivity index (χ0n) is 13.8. The first-order valence-corrected chi connectivity index (χ1v) is 9.70. The van der Waals surface area contributed by atoms with E-state index in [0.29, 0.717) is 12.2 Å². The van der Waals surface area contributed by atoms with Gasteiger partial charge in [0.15, 0.2) is 5.78 Å². The van der Waals surface area contributed by atoms with Gasteiger partial charge >= 0.3 is 0 Å². The Labute approximate surface area is 146 Å². The number of fused-ring (bicyclic) bond motifs is 1. The molecule has 1 aliphatic rings. The molecule has 1 fully saturated rings. The molecular weight excluding hydrogens is 316 g/mol. The van der Waals surface area contributed by atoms with Crippen LogP contribution in [0.5, 0.6) is 0 Å². The Morgan fingerprint density at radius 3 is 2.96 bits per heavy atom. The van der Waals surface area contributed by atoms with Gasteiger partial charge in [-0.05, 0) is 53.5 Å². The number of nitrogens with zero attached hydrogens (tertiary/aromatic N) is 1. The molecule has 1 saturated carbocycles. The Hall–Kier alpha value is -1.94. The van der Waals surface area contributed by atoms with Gasteiger partial charge in [-0.25, -0.2) is 4.98 Å². The summed E-state index contributed by atoms with van der Waals surface area (Å²) in [5.74, 6) is 1.10. The molecule has 3 heterocycles. The average Bonchev–Trinajstić information content (AvgIpc) is 3.34. The van der Waals surface area contributed by atoms with E-state index in [4.69, 9.17) is 0 Å². The first-order valence-electron chi connectivity index (χ1n) is 8.82. The Kier molecular flexibility index (Phi) is 4.48. The number of aromatic amines is 1. The first kappa shape index (κ1) is 15.6. The Morgan fingerprint density at radius 2 is 2.08 bits per heavy atom. The number of rotatable bonds is 6. The molecule has 0 atom stereocenters. The SMILES string of the molecule is O=C(CCC1CCCC1)c1sccc1Cc1ccnc2[nH]ccc12. The first-order chi connectivity index (χ1) is 11.8. The third-order valence-corrected chi connectivity index (χ3v) is 6.18. The van der Waals surface area contributed by atoms with Gasteiger partial charge in [-0.2, -0.15) is 0 Å². The van der Waals surface area contributed by atoms with Crippen LogP contribution in [0.3, 0.4) is 0 Å². The van der Waals surface area contributed by atoms with E-state index in [-0.39, 0.29) is 0 Å². The van der Waals surface area contributed by atoms with E-state index in [1.165, 1.54) is 31.2 Å². The number of Topliss-reactive ketones (excluding diaryl/α,β-unsaturated/α-hetero) is 1. The second-order valence-corrected chi connectivity index (χ2v) is 7.69. The third-order valence-electron chi connectivity index (χ3n) is 5.19. The van der Waals surface area contributed by atoms with Crippen molar-refractivity contribution in [3.8, 4) is 0 Å².